The van der Waals surface area contributed by atoms with Crippen molar-refractivity contribution in [2.45, 2.75) is 6.54 Å². The van der Waals surface area contributed by atoms with Gasteiger partial charge < -0.3 is 14.6 Å². The fourth-order valence-electron chi connectivity index (χ4n) is 2.26. The van der Waals surface area contributed by atoms with Gasteiger partial charge in [0.15, 0.2) is 0 Å². The van der Waals surface area contributed by atoms with Crippen LogP contribution in [0.15, 0.2) is 48.0 Å². The number of nitrogens with zero attached hydrogens (tertiary/aromatic N) is 1. The van der Waals surface area contributed by atoms with Crippen LogP contribution in [-0.2, 0) is 11.3 Å². The van der Waals surface area contributed by atoms with Crippen LogP contribution in [0.5, 0.6) is 0 Å². The molecule has 5 heteroatoms. The Kier molecular flexibility index (Phi) is 4.03. The van der Waals surface area contributed by atoms with Gasteiger partial charge in [-0.3, -0.25) is 4.79 Å². The number of benzene rings is 1. The Hall–Kier alpha value is -2.11. The van der Waals surface area contributed by atoms with E-state index in [9.17, 15) is 4.79 Å². The molecular weight excluding hydrogens is 284 g/mol. The van der Waals surface area contributed by atoms with Crippen LogP contribution in [0.4, 0.5) is 5.69 Å². The number of carbonyl (C=O) groups excluding carboxylic acids is 1. The zero-order valence-corrected chi connectivity index (χ0v) is 12.5. The highest BCUT2D eigenvalue weighted by atomic mass is 32.1. The number of fused-ring (bicyclic) bond motifs is 1. The first kappa shape index (κ1) is 13.9. The third kappa shape index (κ3) is 2.99. The standard InChI is InChI=1S/C16H16N2O2S/c1-20-9-8-18-7-6-12-11-13(4-5-14(12)18)17-16(19)15-3-2-10-21-15/h2-7,10-11H,8-9H2,1H3,(H,17,19). The normalized spacial score (nSPS) is 10.9. The van der Waals surface area contributed by atoms with Crippen LogP contribution in [-0.4, -0.2) is 24.2 Å². The number of ether oxygens (including phenoxy) is 1. The highest BCUT2D eigenvalue weighted by Crippen LogP contribution is 2.21. The second-order valence-electron chi connectivity index (χ2n) is 4.71. The quantitative estimate of drug-likeness (QED) is 0.782. The minimum absolute atomic E-state index is 0.0665. The summed E-state index contributed by atoms with van der Waals surface area (Å²) >= 11 is 1.44. The molecule has 4 nitrogen and oxygen atoms in total. The molecule has 2 aromatic heterocycles. The van der Waals surface area contributed by atoms with Crippen molar-refractivity contribution in [2.24, 2.45) is 0 Å². The average molecular weight is 300 g/mol. The molecule has 3 aromatic rings. The molecule has 0 aliphatic carbocycles. The van der Waals surface area contributed by atoms with Crippen molar-refractivity contribution in [1.82, 2.24) is 4.57 Å². The third-order valence-corrected chi connectivity index (χ3v) is 4.18. The van der Waals surface area contributed by atoms with Crippen LogP contribution in [0.25, 0.3) is 10.9 Å². The summed E-state index contributed by atoms with van der Waals surface area (Å²) in [5, 5.41) is 5.93. The Bertz CT molecular complexity index is 747. The van der Waals surface area contributed by atoms with Crippen molar-refractivity contribution < 1.29 is 9.53 Å². The van der Waals surface area contributed by atoms with Gasteiger partial charge >= 0.3 is 0 Å². The molecule has 0 bridgehead atoms. The van der Waals surface area contributed by atoms with Crippen LogP contribution >= 0.6 is 11.3 Å². The summed E-state index contributed by atoms with van der Waals surface area (Å²) in [7, 11) is 1.70. The maximum Gasteiger partial charge on any atom is 0.265 e. The topological polar surface area (TPSA) is 43.3 Å². The lowest BCUT2D eigenvalue weighted by molar-refractivity contribution is 0.103. The first-order chi connectivity index (χ1) is 10.3. The van der Waals surface area contributed by atoms with E-state index in [0.29, 0.717) is 11.5 Å². The molecule has 0 fully saturated rings. The van der Waals surface area contributed by atoms with Crippen molar-refractivity contribution in [1.29, 1.82) is 0 Å². The van der Waals surface area contributed by atoms with Gasteiger partial charge in [0.25, 0.3) is 5.91 Å². The van der Waals surface area contributed by atoms with Crippen molar-refractivity contribution >= 4 is 33.8 Å². The van der Waals surface area contributed by atoms with Gasteiger partial charge in [-0.15, -0.1) is 11.3 Å². The number of hydrogen-bond acceptors (Lipinski definition) is 3. The number of methoxy groups -OCH3 is 1. The Balaban J connectivity index is 1.80. The Morgan fingerprint density at radius 2 is 2.24 bits per heavy atom. The van der Waals surface area contributed by atoms with Crippen molar-refractivity contribution in [3.8, 4) is 0 Å². The van der Waals surface area contributed by atoms with E-state index in [2.05, 4.69) is 9.88 Å². The molecule has 3 rings (SSSR count). The molecule has 0 aliphatic rings. The number of carbonyl (C=O) groups is 1. The smallest absolute Gasteiger partial charge is 0.265 e. The fraction of sp³-hybridized carbons (Fsp3) is 0.188. The second-order valence-corrected chi connectivity index (χ2v) is 5.65. The van der Waals surface area contributed by atoms with Gasteiger partial charge in [-0.05, 0) is 35.7 Å². The maximum atomic E-state index is 12.0. The summed E-state index contributed by atoms with van der Waals surface area (Å²) in [6.45, 7) is 1.50. The van der Waals surface area contributed by atoms with Gasteiger partial charge in [0, 0.05) is 36.4 Å². The van der Waals surface area contributed by atoms with E-state index in [1.165, 1.54) is 11.3 Å². The lowest BCUT2D eigenvalue weighted by Gasteiger charge is -2.06. The van der Waals surface area contributed by atoms with Gasteiger partial charge in [0.05, 0.1) is 11.5 Å². The van der Waals surface area contributed by atoms with E-state index in [1.807, 2.05) is 48.0 Å². The van der Waals surface area contributed by atoms with Gasteiger partial charge in [0.1, 0.15) is 0 Å². The molecule has 1 N–H and O–H groups in total. The number of aromatic nitrogens is 1. The minimum Gasteiger partial charge on any atom is -0.383 e. The lowest BCUT2D eigenvalue weighted by atomic mass is 10.2. The van der Waals surface area contributed by atoms with E-state index in [-0.39, 0.29) is 5.91 Å². The van der Waals surface area contributed by atoms with E-state index in [4.69, 9.17) is 4.74 Å². The van der Waals surface area contributed by atoms with E-state index in [1.54, 1.807) is 7.11 Å². The summed E-state index contributed by atoms with van der Waals surface area (Å²) in [4.78, 5) is 12.8. The molecule has 0 saturated carbocycles. The SMILES string of the molecule is COCCn1ccc2cc(NC(=O)c3cccs3)ccc21. The van der Waals surface area contributed by atoms with Gasteiger partial charge in [-0.1, -0.05) is 6.07 Å². The Morgan fingerprint density at radius 1 is 1.33 bits per heavy atom. The Morgan fingerprint density at radius 3 is 3.00 bits per heavy atom. The van der Waals surface area contributed by atoms with Crippen molar-refractivity contribution in [3.05, 3.63) is 52.9 Å². The first-order valence-corrected chi connectivity index (χ1v) is 7.58. The molecule has 1 aromatic carbocycles. The molecule has 0 atom stereocenters. The van der Waals surface area contributed by atoms with Crippen LogP contribution in [0, 0.1) is 0 Å². The minimum atomic E-state index is -0.0665. The van der Waals surface area contributed by atoms with Crippen LogP contribution < -0.4 is 5.32 Å². The summed E-state index contributed by atoms with van der Waals surface area (Å²) in [6, 6.07) is 11.7. The Labute approximate surface area is 127 Å². The second kappa shape index (κ2) is 6.11. The molecule has 0 aliphatic heterocycles. The molecule has 2 heterocycles. The lowest BCUT2D eigenvalue weighted by Crippen LogP contribution is -2.09. The maximum absolute atomic E-state index is 12.0. The number of amides is 1. The molecule has 21 heavy (non-hydrogen) atoms. The first-order valence-electron chi connectivity index (χ1n) is 6.70. The number of rotatable bonds is 5. The summed E-state index contributed by atoms with van der Waals surface area (Å²) in [6.07, 6.45) is 2.04. The predicted octanol–water partition coefficient (Wildman–Crippen LogP) is 3.60. The van der Waals surface area contributed by atoms with Crippen molar-refractivity contribution in [2.75, 3.05) is 19.0 Å². The van der Waals surface area contributed by atoms with Crippen LogP contribution in [0.2, 0.25) is 0 Å². The molecule has 0 spiro atoms. The van der Waals surface area contributed by atoms with Gasteiger partial charge in [-0.25, -0.2) is 0 Å². The zero-order valence-electron chi connectivity index (χ0n) is 11.7. The fourth-order valence-corrected chi connectivity index (χ4v) is 2.88. The average Bonchev–Trinajstić information content (AvgIpc) is 3.14. The van der Waals surface area contributed by atoms with Crippen molar-refractivity contribution in [3.63, 3.8) is 0 Å². The molecule has 108 valence electrons. The highest BCUT2D eigenvalue weighted by molar-refractivity contribution is 7.12. The zero-order chi connectivity index (χ0) is 14.7. The number of thiophene rings is 1. The van der Waals surface area contributed by atoms with E-state index < -0.39 is 0 Å². The predicted molar refractivity (Wildman–Crippen MR) is 86.1 cm³/mol. The highest BCUT2D eigenvalue weighted by Gasteiger charge is 2.08. The molecule has 0 radical (unpaired) electrons. The number of anilines is 1. The molecule has 0 unspecified atom stereocenters. The largest absolute Gasteiger partial charge is 0.383 e. The third-order valence-electron chi connectivity index (χ3n) is 3.31. The van der Waals surface area contributed by atoms with Gasteiger partial charge in [0.2, 0.25) is 0 Å². The van der Waals surface area contributed by atoms with Crippen LogP contribution in [0.3, 0.4) is 0 Å². The number of nitrogens with one attached hydrogen (secondary N) is 1. The van der Waals surface area contributed by atoms with Gasteiger partial charge in [-0.2, -0.15) is 0 Å². The van der Waals surface area contributed by atoms with Crippen LogP contribution in [0.1, 0.15) is 9.67 Å². The van der Waals surface area contributed by atoms with E-state index in [0.717, 1.165) is 23.1 Å². The molecule has 1 amide bonds. The van der Waals surface area contributed by atoms with E-state index >= 15 is 0 Å². The summed E-state index contributed by atoms with van der Waals surface area (Å²) in [5.74, 6) is -0.0665. The monoisotopic (exact) mass is 300 g/mol. The summed E-state index contributed by atoms with van der Waals surface area (Å²) < 4.78 is 7.25. The number of hydrogen-bond donors (Lipinski definition) is 1. The molecular formula is C16H16N2O2S. The summed E-state index contributed by atoms with van der Waals surface area (Å²) in [5.41, 5.74) is 1.95. The molecule has 0 saturated heterocycles.